The summed E-state index contributed by atoms with van der Waals surface area (Å²) < 4.78 is 0. The van der Waals surface area contributed by atoms with Gasteiger partial charge >= 0.3 is 0 Å². The second-order valence-corrected chi connectivity index (χ2v) is 10.9. The van der Waals surface area contributed by atoms with Crippen molar-refractivity contribution in [2.45, 2.75) is 20.8 Å². The highest BCUT2D eigenvalue weighted by atomic mass is 32.1. The lowest BCUT2D eigenvalue weighted by atomic mass is 9.91. The van der Waals surface area contributed by atoms with E-state index in [1.807, 2.05) is 49.6 Å². The van der Waals surface area contributed by atoms with Gasteiger partial charge in [0.05, 0.1) is 5.69 Å². The smallest absolute Gasteiger partial charge is 0.240 e. The Bertz CT molecular complexity index is 1300. The number of allylic oxidation sites excluding steroid dienone is 1. The van der Waals surface area contributed by atoms with Crippen LogP contribution in [-0.4, -0.2) is 65.4 Å². The van der Waals surface area contributed by atoms with E-state index in [0.29, 0.717) is 5.69 Å². The van der Waals surface area contributed by atoms with Gasteiger partial charge in [0.2, 0.25) is 5.91 Å². The van der Waals surface area contributed by atoms with Gasteiger partial charge in [0.1, 0.15) is 5.92 Å². The Balaban J connectivity index is 1.39. The predicted molar refractivity (Wildman–Crippen MR) is 158 cm³/mol. The number of rotatable bonds is 9. The molecule has 3 heterocycles. The summed E-state index contributed by atoms with van der Waals surface area (Å²) in [6.45, 7) is 11.3. The molecular formula is C30H36N6OS. The number of terminal acetylenes is 1. The molecule has 8 heteroatoms. The fourth-order valence-electron chi connectivity index (χ4n) is 4.57. The molecule has 1 fully saturated rings. The quantitative estimate of drug-likeness (QED) is 0.291. The molecular weight excluding hydrogens is 492 g/mol. The first-order valence-electron chi connectivity index (χ1n) is 12.9. The molecule has 0 spiro atoms. The van der Waals surface area contributed by atoms with Crippen molar-refractivity contribution in [3.05, 3.63) is 65.3 Å². The van der Waals surface area contributed by atoms with Gasteiger partial charge in [-0.2, -0.15) is 0 Å². The second-order valence-electron chi connectivity index (χ2n) is 10.0. The van der Waals surface area contributed by atoms with Crippen LogP contribution in [0.25, 0.3) is 11.3 Å². The lowest BCUT2D eigenvalue weighted by Crippen LogP contribution is -2.44. The van der Waals surface area contributed by atoms with Gasteiger partial charge in [0.15, 0.2) is 5.13 Å². The molecule has 1 aliphatic heterocycles. The number of benzene rings is 1. The van der Waals surface area contributed by atoms with E-state index in [0.717, 1.165) is 60.4 Å². The Kier molecular flexibility index (Phi) is 9.29. The SMILES string of the molecule is C#CC(C(=O)Nc1ccc(C)c(Nc2nc(-c3cccnc3)cs2)c1)C(C)/C=C(\C)CN1CCN(C)CC1. The number of hydrogen-bond donors (Lipinski definition) is 2. The van der Waals surface area contributed by atoms with Crippen LogP contribution in [0.2, 0.25) is 0 Å². The Morgan fingerprint density at radius 1 is 1.26 bits per heavy atom. The van der Waals surface area contributed by atoms with E-state index < -0.39 is 5.92 Å². The molecule has 4 rings (SSSR count). The summed E-state index contributed by atoms with van der Waals surface area (Å²) in [4.78, 5) is 26.8. The minimum absolute atomic E-state index is 0.0725. The lowest BCUT2D eigenvalue weighted by molar-refractivity contribution is -0.119. The van der Waals surface area contributed by atoms with Crippen molar-refractivity contribution < 1.29 is 4.79 Å². The number of carbonyl (C=O) groups excluding carboxylic acids is 1. The average molecular weight is 529 g/mol. The standard InChI is InChI=1S/C30H36N6OS/c1-6-26(23(4)16-21(2)19-36-14-12-35(5)13-15-36)29(37)32-25-10-9-22(3)27(17-25)33-30-34-28(20-38-30)24-8-7-11-31-18-24/h1,7-11,16-18,20,23,26H,12-15,19H2,2-5H3,(H,32,37)(H,33,34)/b21-16+. The third kappa shape index (κ3) is 7.29. The number of likely N-dealkylation sites (N-methyl/N-ethyl adjacent to an activating group) is 1. The number of piperazine rings is 1. The van der Waals surface area contributed by atoms with Crippen LogP contribution < -0.4 is 10.6 Å². The Hall–Kier alpha value is -3.51. The van der Waals surface area contributed by atoms with Gasteiger partial charge in [0, 0.05) is 67.4 Å². The molecule has 2 N–H and O–H groups in total. The first-order chi connectivity index (χ1) is 18.3. The van der Waals surface area contributed by atoms with E-state index in [1.165, 1.54) is 16.9 Å². The number of nitrogens with one attached hydrogen (secondary N) is 2. The maximum absolute atomic E-state index is 13.2. The van der Waals surface area contributed by atoms with E-state index in [9.17, 15) is 4.79 Å². The lowest BCUT2D eigenvalue weighted by Gasteiger charge is -2.32. The number of carbonyl (C=O) groups is 1. The molecule has 1 saturated heterocycles. The van der Waals surface area contributed by atoms with E-state index in [2.05, 4.69) is 56.4 Å². The van der Waals surface area contributed by atoms with E-state index in [1.54, 1.807) is 12.4 Å². The number of amides is 1. The second kappa shape index (κ2) is 12.8. The number of nitrogens with zero attached hydrogens (tertiary/aromatic N) is 4. The van der Waals surface area contributed by atoms with Gasteiger partial charge < -0.3 is 15.5 Å². The summed E-state index contributed by atoms with van der Waals surface area (Å²) in [6, 6.07) is 9.67. The maximum Gasteiger partial charge on any atom is 0.240 e. The normalized spacial score (nSPS) is 16.4. The van der Waals surface area contributed by atoms with Gasteiger partial charge in [-0.15, -0.1) is 17.8 Å². The molecule has 2 unspecified atom stereocenters. The van der Waals surface area contributed by atoms with Crippen molar-refractivity contribution in [2.75, 3.05) is 50.4 Å². The van der Waals surface area contributed by atoms with Crippen molar-refractivity contribution in [3.8, 4) is 23.6 Å². The molecule has 3 aromatic rings. The van der Waals surface area contributed by atoms with Gasteiger partial charge in [0.25, 0.3) is 0 Å². The number of thiazole rings is 1. The molecule has 198 valence electrons. The first-order valence-corrected chi connectivity index (χ1v) is 13.8. The summed E-state index contributed by atoms with van der Waals surface area (Å²) in [6.07, 6.45) is 11.5. The minimum atomic E-state index is -0.559. The molecule has 0 bridgehead atoms. The van der Waals surface area contributed by atoms with Crippen LogP contribution in [-0.2, 0) is 4.79 Å². The fourth-order valence-corrected chi connectivity index (χ4v) is 5.30. The topological polar surface area (TPSA) is 73.4 Å². The summed E-state index contributed by atoms with van der Waals surface area (Å²) in [5.41, 5.74) is 5.70. The molecule has 7 nitrogen and oxygen atoms in total. The molecule has 38 heavy (non-hydrogen) atoms. The van der Waals surface area contributed by atoms with Crippen LogP contribution in [0.1, 0.15) is 19.4 Å². The highest BCUT2D eigenvalue weighted by Gasteiger charge is 2.23. The van der Waals surface area contributed by atoms with Crippen LogP contribution in [0.5, 0.6) is 0 Å². The highest BCUT2D eigenvalue weighted by molar-refractivity contribution is 7.14. The zero-order chi connectivity index (χ0) is 27.1. The molecule has 0 saturated carbocycles. The highest BCUT2D eigenvalue weighted by Crippen LogP contribution is 2.30. The molecule has 1 aromatic carbocycles. The molecule has 1 aliphatic rings. The van der Waals surface area contributed by atoms with Crippen molar-refractivity contribution in [3.63, 3.8) is 0 Å². The van der Waals surface area contributed by atoms with Crippen LogP contribution >= 0.6 is 11.3 Å². The average Bonchev–Trinajstić information content (AvgIpc) is 3.37. The number of hydrogen-bond acceptors (Lipinski definition) is 7. The monoisotopic (exact) mass is 528 g/mol. The van der Waals surface area contributed by atoms with Crippen molar-refractivity contribution in [1.82, 2.24) is 19.8 Å². The third-order valence-electron chi connectivity index (χ3n) is 6.81. The van der Waals surface area contributed by atoms with Gasteiger partial charge in [-0.05, 0) is 56.6 Å². The first kappa shape index (κ1) is 27.5. The van der Waals surface area contributed by atoms with Gasteiger partial charge in [-0.3, -0.25) is 14.7 Å². The largest absolute Gasteiger partial charge is 0.331 e. The van der Waals surface area contributed by atoms with Crippen LogP contribution in [0.15, 0.2) is 59.8 Å². The van der Waals surface area contributed by atoms with Crippen molar-refractivity contribution >= 4 is 33.8 Å². The number of pyridine rings is 1. The van der Waals surface area contributed by atoms with Gasteiger partial charge in [-0.25, -0.2) is 4.98 Å². The molecule has 0 aliphatic carbocycles. The zero-order valence-electron chi connectivity index (χ0n) is 22.6. The Labute approximate surface area is 230 Å². The van der Waals surface area contributed by atoms with Crippen molar-refractivity contribution in [1.29, 1.82) is 0 Å². The fraction of sp³-hybridized carbons (Fsp3) is 0.367. The summed E-state index contributed by atoms with van der Waals surface area (Å²) in [7, 11) is 2.16. The van der Waals surface area contributed by atoms with Crippen molar-refractivity contribution in [2.24, 2.45) is 11.8 Å². The van der Waals surface area contributed by atoms with Crippen LogP contribution in [0.3, 0.4) is 0 Å². The zero-order valence-corrected chi connectivity index (χ0v) is 23.4. The predicted octanol–water partition coefficient (Wildman–Crippen LogP) is 5.27. The summed E-state index contributed by atoms with van der Waals surface area (Å²) in [5.74, 6) is 1.91. The maximum atomic E-state index is 13.2. The molecule has 0 radical (unpaired) electrons. The third-order valence-corrected chi connectivity index (χ3v) is 7.57. The minimum Gasteiger partial charge on any atom is -0.331 e. The van der Waals surface area contributed by atoms with E-state index in [-0.39, 0.29) is 11.8 Å². The summed E-state index contributed by atoms with van der Waals surface area (Å²) in [5, 5.41) is 9.18. The Morgan fingerprint density at radius 3 is 2.76 bits per heavy atom. The number of aryl methyl sites for hydroxylation is 1. The number of aromatic nitrogens is 2. The molecule has 2 atom stereocenters. The van der Waals surface area contributed by atoms with Gasteiger partial charge in [-0.1, -0.05) is 30.6 Å². The number of anilines is 3. The van der Waals surface area contributed by atoms with Crippen LogP contribution in [0, 0.1) is 31.1 Å². The molecule has 1 amide bonds. The summed E-state index contributed by atoms with van der Waals surface area (Å²) >= 11 is 1.52. The van der Waals surface area contributed by atoms with E-state index >= 15 is 0 Å². The van der Waals surface area contributed by atoms with Crippen LogP contribution in [0.4, 0.5) is 16.5 Å². The molecule has 2 aromatic heterocycles. The Morgan fingerprint density at radius 2 is 2.05 bits per heavy atom. The van der Waals surface area contributed by atoms with E-state index in [4.69, 9.17) is 6.42 Å².